The lowest BCUT2D eigenvalue weighted by atomic mass is 9.99. The molecule has 0 fully saturated rings. The Balaban J connectivity index is 1.35. The van der Waals surface area contributed by atoms with Crippen molar-refractivity contribution in [2.24, 2.45) is 0 Å². The van der Waals surface area contributed by atoms with Crippen LogP contribution in [0.25, 0.3) is 22.4 Å². The molecule has 10 nitrogen and oxygen atoms in total. The van der Waals surface area contributed by atoms with Crippen molar-refractivity contribution in [1.29, 1.82) is 5.26 Å². The van der Waals surface area contributed by atoms with Gasteiger partial charge in [0.05, 0.1) is 29.0 Å². The molecule has 3 aromatic carbocycles. The van der Waals surface area contributed by atoms with Crippen LogP contribution >= 0.6 is 11.8 Å². The number of ether oxygens (including phenoxy) is 1. The fraction of sp³-hybridized carbons (Fsp3) is 0.0645. The van der Waals surface area contributed by atoms with Crippen LogP contribution in [0.4, 0.5) is 16.0 Å². The molecule has 0 unspecified atom stereocenters. The van der Waals surface area contributed by atoms with Crippen molar-refractivity contribution < 1.29 is 22.3 Å². The highest BCUT2D eigenvalue weighted by molar-refractivity contribution is 8.00. The van der Waals surface area contributed by atoms with Gasteiger partial charge < -0.3 is 10.1 Å². The molecule has 0 radical (unpaired) electrons. The van der Waals surface area contributed by atoms with Crippen molar-refractivity contribution in [3.05, 3.63) is 109 Å². The summed E-state index contributed by atoms with van der Waals surface area (Å²) in [6.07, 6.45) is 2.82. The number of nitrogens with zero attached hydrogens (tertiary/aromatic N) is 4. The van der Waals surface area contributed by atoms with Gasteiger partial charge in [-0.05, 0) is 78.4 Å². The van der Waals surface area contributed by atoms with Crippen LogP contribution in [0, 0.1) is 17.1 Å². The highest BCUT2D eigenvalue weighted by atomic mass is 32.2. The molecule has 220 valence electrons. The lowest BCUT2D eigenvalue weighted by Crippen LogP contribution is -2.16. The number of pyridine rings is 1. The fourth-order valence-corrected chi connectivity index (χ4v) is 5.87. The molecule has 44 heavy (non-hydrogen) atoms. The summed E-state index contributed by atoms with van der Waals surface area (Å²) >= 11 is 1.05. The van der Waals surface area contributed by atoms with Crippen molar-refractivity contribution in [3.8, 4) is 34.2 Å². The van der Waals surface area contributed by atoms with Gasteiger partial charge in [-0.15, -0.1) is 0 Å². The molecule has 0 saturated heterocycles. The normalized spacial score (nSPS) is 10.9. The van der Waals surface area contributed by atoms with Gasteiger partial charge in [0.2, 0.25) is 11.9 Å². The second-order valence-electron chi connectivity index (χ2n) is 9.12. The molecular weight excluding hydrogens is 604 g/mol. The van der Waals surface area contributed by atoms with Gasteiger partial charge in [-0.3, -0.25) is 4.79 Å². The quantitative estimate of drug-likeness (QED) is 0.185. The van der Waals surface area contributed by atoms with Crippen LogP contribution in [0.15, 0.2) is 107 Å². The van der Waals surface area contributed by atoms with Crippen LogP contribution in [-0.4, -0.2) is 42.1 Å². The number of methoxy groups -OCH3 is 1. The molecule has 0 aliphatic heterocycles. The Bertz CT molecular complexity index is 1950. The van der Waals surface area contributed by atoms with Crippen molar-refractivity contribution in [3.63, 3.8) is 0 Å². The first-order valence-electron chi connectivity index (χ1n) is 12.9. The number of hydrogen-bond acceptors (Lipinski definition) is 9. The molecule has 0 aliphatic rings. The molecule has 0 saturated carbocycles. The van der Waals surface area contributed by atoms with E-state index < -0.39 is 21.7 Å². The molecule has 13 heteroatoms. The molecule has 5 rings (SSSR count). The topological polar surface area (TPSA) is 147 Å². The third kappa shape index (κ3) is 7.17. The lowest BCUT2D eigenvalue weighted by molar-refractivity contribution is -0.113. The van der Waals surface area contributed by atoms with E-state index in [0.717, 1.165) is 17.3 Å². The third-order valence-corrected chi connectivity index (χ3v) is 8.52. The number of sulfonamides is 1. The second-order valence-corrected chi connectivity index (χ2v) is 11.8. The van der Waals surface area contributed by atoms with Gasteiger partial charge >= 0.3 is 0 Å². The van der Waals surface area contributed by atoms with E-state index in [1.807, 2.05) is 12.1 Å². The Morgan fingerprint density at radius 2 is 1.70 bits per heavy atom. The van der Waals surface area contributed by atoms with Crippen molar-refractivity contribution in [2.75, 3.05) is 22.9 Å². The lowest BCUT2D eigenvalue weighted by Gasteiger charge is -2.13. The number of thioether (sulfide) groups is 1. The summed E-state index contributed by atoms with van der Waals surface area (Å²) in [7, 11) is -2.37. The van der Waals surface area contributed by atoms with E-state index >= 15 is 0 Å². The number of benzene rings is 3. The number of carbonyl (C=O) groups excluding carboxylic acids is 1. The van der Waals surface area contributed by atoms with Gasteiger partial charge in [-0.1, -0.05) is 23.9 Å². The van der Waals surface area contributed by atoms with Crippen LogP contribution in [0.1, 0.15) is 5.56 Å². The Labute approximate surface area is 257 Å². The van der Waals surface area contributed by atoms with Crippen LogP contribution in [-0.2, 0) is 14.8 Å². The van der Waals surface area contributed by atoms with E-state index in [1.54, 1.807) is 43.5 Å². The predicted octanol–water partition coefficient (Wildman–Crippen LogP) is 5.76. The average molecular weight is 627 g/mol. The van der Waals surface area contributed by atoms with Crippen molar-refractivity contribution in [2.45, 2.75) is 9.92 Å². The first-order chi connectivity index (χ1) is 21.3. The summed E-state index contributed by atoms with van der Waals surface area (Å²) in [6, 6.07) is 24.1. The summed E-state index contributed by atoms with van der Waals surface area (Å²) in [5, 5.41) is 13.1. The van der Waals surface area contributed by atoms with Crippen molar-refractivity contribution >= 4 is 39.3 Å². The summed E-state index contributed by atoms with van der Waals surface area (Å²) in [4.78, 5) is 25.2. The van der Waals surface area contributed by atoms with Crippen LogP contribution in [0.5, 0.6) is 5.75 Å². The minimum atomic E-state index is -3.93. The summed E-state index contributed by atoms with van der Waals surface area (Å²) < 4.78 is 46.9. The number of hydrogen-bond donors (Lipinski definition) is 2. The standard InChI is InChI=1S/C31H23FN6O4S2/c1-42-24-10-6-20(7-11-24)28-17-26(21-4-2-5-22(32)16-21)27(18-33)30(37-28)43-19-29(39)36-23-8-12-25(13-9-23)44(40,41)38-31-34-14-3-15-35-31/h2-17H,19H2,1H3,(H,36,39)(H,34,35,38). The predicted molar refractivity (Wildman–Crippen MR) is 165 cm³/mol. The van der Waals surface area contributed by atoms with E-state index in [2.05, 4.69) is 31.1 Å². The minimum Gasteiger partial charge on any atom is -0.497 e. The van der Waals surface area contributed by atoms with Gasteiger partial charge in [0.15, 0.2) is 0 Å². The molecule has 2 aromatic heterocycles. The van der Waals surface area contributed by atoms with Crippen LogP contribution in [0.2, 0.25) is 0 Å². The number of nitriles is 1. The van der Waals surface area contributed by atoms with Gasteiger partial charge in [0.25, 0.3) is 10.0 Å². The number of amides is 1. The third-order valence-electron chi connectivity index (χ3n) is 6.20. The maximum atomic E-state index is 14.1. The highest BCUT2D eigenvalue weighted by Crippen LogP contribution is 2.35. The van der Waals surface area contributed by atoms with Crippen LogP contribution < -0.4 is 14.8 Å². The van der Waals surface area contributed by atoms with Gasteiger partial charge in [0.1, 0.15) is 22.7 Å². The zero-order valence-corrected chi connectivity index (χ0v) is 24.7. The molecule has 2 heterocycles. The molecule has 0 bridgehead atoms. The Kier molecular flexibility index (Phi) is 9.13. The van der Waals surface area contributed by atoms with Gasteiger partial charge in [-0.2, -0.15) is 5.26 Å². The number of rotatable bonds is 10. The first kappa shape index (κ1) is 30.1. The minimum absolute atomic E-state index is 0.0413. The SMILES string of the molecule is COc1ccc(-c2cc(-c3cccc(F)c3)c(C#N)c(SCC(=O)Nc3ccc(S(=O)(=O)Nc4ncccn4)cc3)n2)cc1. The summed E-state index contributed by atoms with van der Waals surface area (Å²) in [6.45, 7) is 0. The highest BCUT2D eigenvalue weighted by Gasteiger charge is 2.19. The van der Waals surface area contributed by atoms with E-state index in [0.29, 0.717) is 33.3 Å². The monoisotopic (exact) mass is 626 g/mol. The number of aromatic nitrogens is 3. The van der Waals surface area contributed by atoms with Crippen LogP contribution in [0.3, 0.4) is 0 Å². The fourth-order valence-electron chi connectivity index (χ4n) is 4.11. The molecule has 0 atom stereocenters. The zero-order chi connectivity index (χ0) is 31.1. The largest absolute Gasteiger partial charge is 0.497 e. The van der Waals surface area contributed by atoms with E-state index in [-0.39, 0.29) is 22.2 Å². The molecular formula is C31H23FN6O4S2. The Morgan fingerprint density at radius 3 is 2.36 bits per heavy atom. The number of nitrogens with one attached hydrogen (secondary N) is 2. The Morgan fingerprint density at radius 1 is 0.977 bits per heavy atom. The average Bonchev–Trinajstić information content (AvgIpc) is 3.04. The zero-order valence-electron chi connectivity index (χ0n) is 23.1. The Hall–Kier alpha value is -5.32. The van der Waals surface area contributed by atoms with Gasteiger partial charge in [0, 0.05) is 29.2 Å². The molecule has 0 spiro atoms. The smallest absolute Gasteiger partial charge is 0.264 e. The maximum absolute atomic E-state index is 14.1. The number of halogens is 1. The molecule has 5 aromatic rings. The number of anilines is 2. The molecule has 1 amide bonds. The maximum Gasteiger partial charge on any atom is 0.264 e. The molecule has 2 N–H and O–H groups in total. The van der Waals surface area contributed by atoms with E-state index in [4.69, 9.17) is 4.74 Å². The summed E-state index contributed by atoms with van der Waals surface area (Å²) in [5.41, 5.74) is 2.81. The number of carbonyl (C=O) groups is 1. The van der Waals surface area contributed by atoms with E-state index in [1.165, 1.54) is 48.8 Å². The summed E-state index contributed by atoms with van der Waals surface area (Å²) in [5.74, 6) is -0.376. The first-order valence-corrected chi connectivity index (χ1v) is 15.4. The van der Waals surface area contributed by atoms with Gasteiger partial charge in [-0.25, -0.2) is 32.5 Å². The van der Waals surface area contributed by atoms with E-state index in [9.17, 15) is 22.9 Å². The van der Waals surface area contributed by atoms with Crippen molar-refractivity contribution in [1.82, 2.24) is 15.0 Å². The second kappa shape index (κ2) is 13.3. The molecule has 0 aliphatic carbocycles.